The Morgan fingerprint density at radius 3 is 2.68 bits per heavy atom. The molecule has 0 aliphatic heterocycles. The molecule has 11 heteroatoms. The minimum atomic E-state index is -3.08. The standard InChI is InChI=1S/C30H33F2N7O2/c1-6-7-12-27(40)35-23-15-24(26(41-29(31)32)16-25(23)39(5)14-13-38(3)4)36-30-34-17-19(2)28(37-30)21-18-33-22-11-9-8-10-20(21)22/h6-12,15-18,29,33H,1,13-14H2,2-5H3,(H,35,40)(H,34,36,37)/b12-7+. The van der Waals surface area contributed by atoms with Crippen molar-refractivity contribution >= 4 is 39.8 Å². The van der Waals surface area contributed by atoms with Gasteiger partial charge in [0.05, 0.1) is 22.8 Å². The molecule has 0 aliphatic rings. The summed E-state index contributed by atoms with van der Waals surface area (Å²) in [5.74, 6) is -0.356. The Balaban J connectivity index is 1.77. The summed E-state index contributed by atoms with van der Waals surface area (Å²) in [6.45, 7) is 3.66. The fourth-order valence-electron chi connectivity index (χ4n) is 4.24. The van der Waals surface area contributed by atoms with Crippen LogP contribution >= 0.6 is 0 Å². The Bertz CT molecular complexity index is 1570. The molecule has 9 nitrogen and oxygen atoms in total. The highest BCUT2D eigenvalue weighted by molar-refractivity contribution is 6.02. The van der Waals surface area contributed by atoms with Crippen LogP contribution < -0.4 is 20.3 Å². The maximum atomic E-state index is 13.5. The summed E-state index contributed by atoms with van der Waals surface area (Å²) in [5, 5.41) is 6.84. The largest absolute Gasteiger partial charge is 0.433 e. The van der Waals surface area contributed by atoms with Crippen LogP contribution in [0.15, 0.2) is 73.6 Å². The van der Waals surface area contributed by atoms with Crippen molar-refractivity contribution in [2.45, 2.75) is 13.5 Å². The molecule has 0 aliphatic carbocycles. The first kappa shape index (κ1) is 29.2. The second-order valence-electron chi connectivity index (χ2n) is 9.65. The topological polar surface area (TPSA) is 98.4 Å². The third kappa shape index (κ3) is 7.25. The van der Waals surface area contributed by atoms with Gasteiger partial charge in [0.2, 0.25) is 11.9 Å². The van der Waals surface area contributed by atoms with E-state index in [2.05, 4.69) is 27.2 Å². The molecule has 0 spiro atoms. The van der Waals surface area contributed by atoms with E-state index in [-0.39, 0.29) is 17.4 Å². The SMILES string of the molecule is C=C/C=C/C(=O)Nc1cc(Nc2ncc(C)c(-c3c[nH]c4ccccc34)n2)c(OC(F)F)cc1N(C)CCN(C)C. The van der Waals surface area contributed by atoms with Gasteiger partial charge in [0, 0.05) is 61.1 Å². The third-order valence-corrected chi connectivity index (χ3v) is 6.31. The van der Waals surface area contributed by atoms with Gasteiger partial charge < -0.3 is 30.2 Å². The second kappa shape index (κ2) is 13.1. The van der Waals surface area contributed by atoms with Crippen molar-refractivity contribution in [3.63, 3.8) is 0 Å². The number of ether oxygens (including phenoxy) is 1. The fourth-order valence-corrected chi connectivity index (χ4v) is 4.24. The minimum absolute atomic E-state index is 0.121. The quantitative estimate of drug-likeness (QED) is 0.145. The number of aromatic nitrogens is 3. The number of hydrogen-bond donors (Lipinski definition) is 3. The highest BCUT2D eigenvalue weighted by atomic mass is 19.3. The van der Waals surface area contributed by atoms with Crippen LogP contribution in [0.3, 0.4) is 0 Å². The summed E-state index contributed by atoms with van der Waals surface area (Å²) in [5.41, 5.74) is 4.40. The zero-order valence-electron chi connectivity index (χ0n) is 23.4. The number of nitrogens with one attached hydrogen (secondary N) is 3. The van der Waals surface area contributed by atoms with Crippen LogP contribution in [0.1, 0.15) is 5.56 Å². The van der Waals surface area contributed by atoms with E-state index in [1.54, 1.807) is 6.20 Å². The number of likely N-dealkylation sites (N-methyl/N-ethyl adjacent to an activating group) is 2. The number of carbonyl (C=O) groups excluding carboxylic acids is 1. The lowest BCUT2D eigenvalue weighted by atomic mass is 10.1. The molecule has 0 radical (unpaired) electrons. The van der Waals surface area contributed by atoms with Crippen LogP contribution in [0.25, 0.3) is 22.2 Å². The number of rotatable bonds is 12. The summed E-state index contributed by atoms with van der Waals surface area (Å²) in [4.78, 5) is 28.8. The molecule has 1 amide bonds. The molecule has 0 saturated heterocycles. The monoisotopic (exact) mass is 561 g/mol. The van der Waals surface area contributed by atoms with E-state index in [4.69, 9.17) is 9.72 Å². The number of halogens is 2. The Labute approximate surface area is 237 Å². The first-order valence-electron chi connectivity index (χ1n) is 12.9. The van der Waals surface area contributed by atoms with E-state index in [1.807, 2.05) is 68.3 Å². The number of alkyl halides is 2. The molecule has 4 aromatic rings. The predicted molar refractivity (Wildman–Crippen MR) is 160 cm³/mol. The van der Waals surface area contributed by atoms with Crippen molar-refractivity contribution in [1.29, 1.82) is 0 Å². The smallest absolute Gasteiger partial charge is 0.387 e. The zero-order chi connectivity index (χ0) is 29.5. The minimum Gasteiger partial charge on any atom is -0.433 e. The lowest BCUT2D eigenvalue weighted by Crippen LogP contribution is -2.29. The molecule has 41 heavy (non-hydrogen) atoms. The van der Waals surface area contributed by atoms with Crippen molar-refractivity contribution in [2.75, 3.05) is 49.8 Å². The molecule has 214 valence electrons. The van der Waals surface area contributed by atoms with Crippen LogP contribution in [0.2, 0.25) is 0 Å². The average molecular weight is 562 g/mol. The number of amides is 1. The van der Waals surface area contributed by atoms with Crippen molar-refractivity contribution in [3.05, 3.63) is 79.2 Å². The Hall–Kier alpha value is -4.77. The van der Waals surface area contributed by atoms with Crippen molar-refractivity contribution < 1.29 is 18.3 Å². The van der Waals surface area contributed by atoms with Gasteiger partial charge in [0.25, 0.3) is 0 Å². The van der Waals surface area contributed by atoms with Crippen molar-refractivity contribution in [1.82, 2.24) is 19.9 Å². The van der Waals surface area contributed by atoms with Crippen LogP contribution in [0.5, 0.6) is 5.75 Å². The van der Waals surface area contributed by atoms with Crippen LogP contribution in [-0.2, 0) is 4.79 Å². The molecule has 2 aromatic carbocycles. The number of hydrogen-bond acceptors (Lipinski definition) is 7. The number of aromatic amines is 1. The summed E-state index contributed by atoms with van der Waals surface area (Å²) in [7, 11) is 5.67. The first-order valence-corrected chi connectivity index (χ1v) is 12.9. The maximum Gasteiger partial charge on any atom is 0.387 e. The third-order valence-electron chi connectivity index (χ3n) is 6.31. The van der Waals surface area contributed by atoms with Gasteiger partial charge in [-0.05, 0) is 38.7 Å². The number of allylic oxidation sites excluding steroid dienone is 2. The predicted octanol–water partition coefficient (Wildman–Crippen LogP) is 5.96. The summed E-state index contributed by atoms with van der Waals surface area (Å²) in [6, 6.07) is 10.9. The van der Waals surface area contributed by atoms with Gasteiger partial charge in [0.1, 0.15) is 0 Å². The van der Waals surface area contributed by atoms with Crippen molar-refractivity contribution in [2.24, 2.45) is 0 Å². The molecule has 0 fully saturated rings. The van der Waals surface area contributed by atoms with E-state index < -0.39 is 12.5 Å². The molecular weight excluding hydrogens is 528 g/mol. The van der Waals surface area contributed by atoms with E-state index in [9.17, 15) is 13.6 Å². The second-order valence-corrected chi connectivity index (χ2v) is 9.65. The fraction of sp³-hybridized carbons (Fsp3) is 0.233. The maximum absolute atomic E-state index is 13.5. The highest BCUT2D eigenvalue weighted by Gasteiger charge is 2.20. The Kier molecular flexibility index (Phi) is 9.30. The number of aryl methyl sites for hydroxylation is 1. The van der Waals surface area contributed by atoms with Crippen LogP contribution in [0.4, 0.5) is 31.8 Å². The summed E-state index contributed by atoms with van der Waals surface area (Å²) in [6.07, 6.45) is 7.84. The molecule has 2 aromatic heterocycles. The summed E-state index contributed by atoms with van der Waals surface area (Å²) >= 11 is 0. The molecule has 2 heterocycles. The van der Waals surface area contributed by atoms with E-state index in [1.165, 1.54) is 30.4 Å². The van der Waals surface area contributed by atoms with Crippen molar-refractivity contribution in [3.8, 4) is 17.0 Å². The lowest BCUT2D eigenvalue weighted by molar-refractivity contribution is -0.111. The first-order chi connectivity index (χ1) is 19.7. The number of carbonyl (C=O) groups is 1. The van der Waals surface area contributed by atoms with Gasteiger partial charge >= 0.3 is 6.61 Å². The van der Waals surface area contributed by atoms with Gasteiger partial charge in [-0.3, -0.25) is 4.79 Å². The van der Waals surface area contributed by atoms with Gasteiger partial charge in [-0.2, -0.15) is 8.78 Å². The van der Waals surface area contributed by atoms with E-state index >= 15 is 0 Å². The van der Waals surface area contributed by atoms with Gasteiger partial charge in [-0.15, -0.1) is 0 Å². The molecule has 4 rings (SSSR count). The molecule has 0 unspecified atom stereocenters. The molecule has 3 N–H and O–H groups in total. The molecule has 0 atom stereocenters. The number of fused-ring (bicyclic) bond motifs is 1. The Morgan fingerprint density at radius 1 is 1.17 bits per heavy atom. The van der Waals surface area contributed by atoms with E-state index in [0.717, 1.165) is 22.0 Å². The summed E-state index contributed by atoms with van der Waals surface area (Å²) < 4.78 is 32.0. The number of anilines is 4. The molecule has 0 saturated carbocycles. The number of benzene rings is 2. The van der Waals surface area contributed by atoms with E-state index in [0.29, 0.717) is 30.2 Å². The molecule has 0 bridgehead atoms. The number of nitrogens with zero attached hydrogens (tertiary/aromatic N) is 4. The normalized spacial score (nSPS) is 11.4. The highest BCUT2D eigenvalue weighted by Crippen LogP contribution is 2.39. The van der Waals surface area contributed by atoms with Crippen LogP contribution in [0, 0.1) is 6.92 Å². The number of para-hydroxylation sites is 1. The van der Waals surface area contributed by atoms with Gasteiger partial charge in [-0.25, -0.2) is 9.97 Å². The van der Waals surface area contributed by atoms with Gasteiger partial charge in [-0.1, -0.05) is 36.9 Å². The average Bonchev–Trinajstić information content (AvgIpc) is 3.36. The lowest BCUT2D eigenvalue weighted by Gasteiger charge is -2.26. The zero-order valence-corrected chi connectivity index (χ0v) is 23.4. The van der Waals surface area contributed by atoms with Crippen LogP contribution in [-0.4, -0.2) is 66.6 Å². The number of H-pyrrole nitrogens is 1. The van der Waals surface area contributed by atoms with Gasteiger partial charge in [0.15, 0.2) is 5.75 Å². The molecular formula is C30H33F2N7O2. The Morgan fingerprint density at radius 2 is 1.95 bits per heavy atom.